The smallest absolute Gasteiger partial charge is 0.417 e. The van der Waals surface area contributed by atoms with Crippen LogP contribution in [0.5, 0.6) is 0 Å². The average Bonchev–Trinajstić information content (AvgIpc) is 3.31. The third kappa shape index (κ3) is 3.30. The van der Waals surface area contributed by atoms with Crippen LogP contribution in [0.25, 0.3) is 16.9 Å². The maximum Gasteiger partial charge on any atom is 0.417 e. The Balaban J connectivity index is 1.67. The highest BCUT2D eigenvalue weighted by molar-refractivity contribution is 6.03. The summed E-state index contributed by atoms with van der Waals surface area (Å²) in [6.45, 7) is 1.56. The number of Topliss-reactive ketones (excluding diaryl/α,β-unsaturated/α-hetero) is 1. The average molecular weight is 411 g/mol. The zero-order valence-corrected chi connectivity index (χ0v) is 15.4. The van der Waals surface area contributed by atoms with E-state index in [0.29, 0.717) is 23.0 Å². The summed E-state index contributed by atoms with van der Waals surface area (Å²) < 4.78 is 44.9. The third-order valence-corrected chi connectivity index (χ3v) is 4.52. The number of carbonyl (C=O) groups excluding carboxylic acids is 1. The van der Waals surface area contributed by atoms with E-state index in [4.69, 9.17) is 4.42 Å². The van der Waals surface area contributed by atoms with Gasteiger partial charge in [0.1, 0.15) is 5.52 Å². The summed E-state index contributed by atoms with van der Waals surface area (Å²) in [4.78, 5) is 20.9. The van der Waals surface area contributed by atoms with Gasteiger partial charge in [-0.25, -0.2) is 14.6 Å². The minimum absolute atomic E-state index is 0.0384. The molecule has 1 aromatic carbocycles. The topological polar surface area (TPSA) is 97.6 Å². The van der Waals surface area contributed by atoms with Gasteiger partial charge in [0.15, 0.2) is 23.1 Å². The van der Waals surface area contributed by atoms with Crippen molar-refractivity contribution in [2.75, 3.05) is 0 Å². The Morgan fingerprint density at radius 3 is 2.60 bits per heavy atom. The van der Waals surface area contributed by atoms with Crippen molar-refractivity contribution >= 4 is 16.9 Å². The van der Waals surface area contributed by atoms with Crippen molar-refractivity contribution in [1.29, 1.82) is 5.26 Å². The molecular formula is C20H12F3N5O2. The predicted molar refractivity (Wildman–Crippen MR) is 97.8 cm³/mol. The van der Waals surface area contributed by atoms with Crippen LogP contribution in [-0.2, 0) is 6.18 Å². The minimum atomic E-state index is -4.51. The second-order valence-electron chi connectivity index (χ2n) is 6.40. The fraction of sp³-hybridized carbons (Fsp3) is 0.150. The van der Waals surface area contributed by atoms with Gasteiger partial charge >= 0.3 is 6.18 Å². The molecule has 10 heteroatoms. The number of ketones is 1. The van der Waals surface area contributed by atoms with Crippen LogP contribution in [-0.4, -0.2) is 25.5 Å². The van der Waals surface area contributed by atoms with E-state index >= 15 is 0 Å². The SMILES string of the molecule is Cc1c(C(=O)C(C#N)c2nc3ccccc3o2)cnn1-c1ccc(C(F)(F)F)cn1. The van der Waals surface area contributed by atoms with Crippen molar-refractivity contribution in [3.05, 3.63) is 71.5 Å². The molecule has 0 amide bonds. The molecule has 150 valence electrons. The zero-order chi connectivity index (χ0) is 21.5. The lowest BCUT2D eigenvalue weighted by Crippen LogP contribution is -2.13. The normalized spacial score (nSPS) is 12.6. The van der Waals surface area contributed by atoms with E-state index in [1.54, 1.807) is 31.2 Å². The van der Waals surface area contributed by atoms with Crippen LogP contribution in [0.3, 0.4) is 0 Å². The van der Waals surface area contributed by atoms with Gasteiger partial charge in [0.05, 0.1) is 29.1 Å². The molecule has 0 aliphatic carbocycles. The number of para-hydroxylation sites is 2. The minimum Gasteiger partial charge on any atom is -0.439 e. The summed E-state index contributed by atoms with van der Waals surface area (Å²) in [7, 11) is 0. The van der Waals surface area contributed by atoms with Gasteiger partial charge in [-0.2, -0.15) is 23.5 Å². The lowest BCUT2D eigenvalue weighted by molar-refractivity contribution is -0.137. The molecule has 30 heavy (non-hydrogen) atoms. The molecule has 0 bridgehead atoms. The van der Waals surface area contributed by atoms with Crippen LogP contribution in [0, 0.1) is 18.3 Å². The number of nitriles is 1. The molecule has 3 heterocycles. The van der Waals surface area contributed by atoms with Gasteiger partial charge in [0.2, 0.25) is 5.89 Å². The number of aromatic nitrogens is 4. The van der Waals surface area contributed by atoms with E-state index in [1.807, 2.05) is 6.07 Å². The number of carbonyl (C=O) groups is 1. The van der Waals surface area contributed by atoms with Gasteiger partial charge < -0.3 is 4.42 Å². The number of halogens is 3. The molecule has 0 saturated carbocycles. The summed E-state index contributed by atoms with van der Waals surface area (Å²) in [6, 6.07) is 10.8. The molecule has 1 unspecified atom stereocenters. The van der Waals surface area contributed by atoms with Gasteiger partial charge in [-0.1, -0.05) is 12.1 Å². The summed E-state index contributed by atoms with van der Waals surface area (Å²) in [5.41, 5.74) is 0.505. The Bertz CT molecular complexity index is 1250. The van der Waals surface area contributed by atoms with Crippen molar-refractivity contribution in [1.82, 2.24) is 19.7 Å². The molecular weight excluding hydrogens is 399 g/mol. The first-order valence-corrected chi connectivity index (χ1v) is 8.67. The number of oxazole rings is 1. The lowest BCUT2D eigenvalue weighted by atomic mass is 9.99. The fourth-order valence-corrected chi connectivity index (χ4v) is 2.96. The molecule has 0 aliphatic rings. The first-order valence-electron chi connectivity index (χ1n) is 8.67. The number of alkyl halides is 3. The Labute approximate surface area is 167 Å². The number of nitrogens with zero attached hydrogens (tertiary/aromatic N) is 5. The maximum atomic E-state index is 13.0. The highest BCUT2D eigenvalue weighted by Crippen LogP contribution is 2.29. The van der Waals surface area contributed by atoms with Gasteiger partial charge in [-0.15, -0.1) is 0 Å². The van der Waals surface area contributed by atoms with E-state index in [2.05, 4.69) is 15.1 Å². The molecule has 0 saturated heterocycles. The largest absolute Gasteiger partial charge is 0.439 e. The molecule has 1 atom stereocenters. The lowest BCUT2D eigenvalue weighted by Gasteiger charge is -2.08. The van der Waals surface area contributed by atoms with Crippen LogP contribution in [0.4, 0.5) is 13.2 Å². The van der Waals surface area contributed by atoms with Crippen LogP contribution in [0.15, 0.2) is 53.2 Å². The van der Waals surface area contributed by atoms with Gasteiger partial charge in [0.25, 0.3) is 0 Å². The van der Waals surface area contributed by atoms with Gasteiger partial charge in [-0.3, -0.25) is 4.79 Å². The molecule has 0 N–H and O–H groups in total. The number of hydrogen-bond donors (Lipinski definition) is 0. The molecule has 4 aromatic rings. The van der Waals surface area contributed by atoms with Crippen molar-refractivity contribution in [3.8, 4) is 11.9 Å². The zero-order valence-electron chi connectivity index (χ0n) is 15.4. The predicted octanol–water partition coefficient (Wildman–Crippen LogP) is 4.23. The first kappa shape index (κ1) is 19.3. The van der Waals surface area contributed by atoms with E-state index in [1.165, 1.54) is 10.9 Å². The first-order chi connectivity index (χ1) is 14.3. The Morgan fingerprint density at radius 2 is 1.97 bits per heavy atom. The molecule has 4 rings (SSSR count). The highest BCUT2D eigenvalue weighted by Gasteiger charge is 2.32. The number of pyridine rings is 1. The molecule has 0 spiro atoms. The van der Waals surface area contributed by atoms with E-state index in [9.17, 15) is 23.2 Å². The standard InChI is InChI=1S/C20H12F3N5O2/c1-11-14(10-26-28(11)17-7-6-12(9-25-17)20(21,22)23)18(29)13(8-24)19-27-15-4-2-3-5-16(15)30-19/h2-7,9-10,13H,1H3. The monoisotopic (exact) mass is 411 g/mol. The van der Waals surface area contributed by atoms with Gasteiger partial charge in [0, 0.05) is 6.20 Å². The summed E-state index contributed by atoms with van der Waals surface area (Å²) in [6.07, 6.45) is -2.58. The van der Waals surface area contributed by atoms with Crippen molar-refractivity contribution in [2.45, 2.75) is 19.0 Å². The van der Waals surface area contributed by atoms with E-state index < -0.39 is 23.4 Å². The number of rotatable bonds is 4. The summed E-state index contributed by atoms with van der Waals surface area (Å²) in [5, 5.41) is 13.6. The maximum absolute atomic E-state index is 13.0. The van der Waals surface area contributed by atoms with Gasteiger partial charge in [-0.05, 0) is 31.2 Å². The number of benzene rings is 1. The van der Waals surface area contributed by atoms with Crippen molar-refractivity contribution in [3.63, 3.8) is 0 Å². The summed E-state index contributed by atoms with van der Waals surface area (Å²) in [5.74, 6) is -1.81. The molecule has 0 aliphatic heterocycles. The number of fused-ring (bicyclic) bond motifs is 1. The third-order valence-electron chi connectivity index (χ3n) is 4.52. The van der Waals surface area contributed by atoms with Crippen LogP contribution in [0.2, 0.25) is 0 Å². The van der Waals surface area contributed by atoms with E-state index in [-0.39, 0.29) is 17.3 Å². The van der Waals surface area contributed by atoms with Crippen LogP contribution >= 0.6 is 0 Å². The summed E-state index contributed by atoms with van der Waals surface area (Å²) >= 11 is 0. The van der Waals surface area contributed by atoms with Crippen molar-refractivity contribution in [2.24, 2.45) is 0 Å². The van der Waals surface area contributed by atoms with Crippen LogP contribution in [0.1, 0.15) is 33.4 Å². The van der Waals surface area contributed by atoms with E-state index in [0.717, 1.165) is 12.1 Å². The Morgan fingerprint density at radius 1 is 1.20 bits per heavy atom. The molecule has 0 radical (unpaired) electrons. The quantitative estimate of drug-likeness (QED) is 0.466. The van der Waals surface area contributed by atoms with Crippen molar-refractivity contribution < 1.29 is 22.4 Å². The second kappa shape index (κ2) is 7.11. The Hall–Kier alpha value is -4.00. The fourth-order valence-electron chi connectivity index (χ4n) is 2.96. The molecule has 3 aromatic heterocycles. The highest BCUT2D eigenvalue weighted by atomic mass is 19.4. The van der Waals surface area contributed by atoms with Crippen LogP contribution < -0.4 is 0 Å². The second-order valence-corrected chi connectivity index (χ2v) is 6.40. The molecule has 0 fully saturated rings. The number of hydrogen-bond acceptors (Lipinski definition) is 6. The Kier molecular flexibility index (Phi) is 4.58. The molecule has 7 nitrogen and oxygen atoms in total.